The zero-order valence-corrected chi connectivity index (χ0v) is 8.42. The second-order valence-electron chi connectivity index (χ2n) is 3.95. The summed E-state index contributed by atoms with van der Waals surface area (Å²) in [5.41, 5.74) is 0. The van der Waals surface area contributed by atoms with Crippen LogP contribution in [0, 0.1) is 5.92 Å². The van der Waals surface area contributed by atoms with E-state index in [-0.39, 0.29) is 6.04 Å². The van der Waals surface area contributed by atoms with Gasteiger partial charge >= 0.3 is 5.97 Å². The van der Waals surface area contributed by atoms with Crippen LogP contribution in [0.2, 0.25) is 0 Å². The van der Waals surface area contributed by atoms with Crippen LogP contribution in [0.25, 0.3) is 0 Å². The summed E-state index contributed by atoms with van der Waals surface area (Å²) in [6.07, 6.45) is 4.47. The van der Waals surface area contributed by atoms with Gasteiger partial charge in [-0.3, -0.25) is 4.79 Å². The van der Waals surface area contributed by atoms with Crippen LogP contribution in [0.1, 0.15) is 39.5 Å². The second kappa shape index (κ2) is 4.61. The van der Waals surface area contributed by atoms with Gasteiger partial charge in [-0.2, -0.15) is 0 Å². The Bertz CT molecular complexity index is 178. The molecule has 3 nitrogen and oxygen atoms in total. The Balaban J connectivity index is 2.31. The molecule has 1 fully saturated rings. The summed E-state index contributed by atoms with van der Waals surface area (Å²) in [5.74, 6) is -0.0259. The van der Waals surface area contributed by atoms with Crippen molar-refractivity contribution in [2.24, 2.45) is 5.92 Å². The van der Waals surface area contributed by atoms with Crippen molar-refractivity contribution in [2.75, 3.05) is 0 Å². The van der Waals surface area contributed by atoms with Crippen LogP contribution in [-0.4, -0.2) is 23.2 Å². The van der Waals surface area contributed by atoms with Gasteiger partial charge in [-0.15, -0.1) is 0 Å². The zero-order valence-electron chi connectivity index (χ0n) is 8.42. The van der Waals surface area contributed by atoms with Crippen molar-refractivity contribution < 1.29 is 9.90 Å². The Hall–Kier alpha value is -0.570. The van der Waals surface area contributed by atoms with Crippen LogP contribution in [0.5, 0.6) is 0 Å². The van der Waals surface area contributed by atoms with Crippen LogP contribution >= 0.6 is 0 Å². The van der Waals surface area contributed by atoms with E-state index in [0.717, 1.165) is 0 Å². The molecule has 1 aliphatic rings. The summed E-state index contributed by atoms with van der Waals surface area (Å²) < 4.78 is 0. The molecule has 1 rings (SSSR count). The van der Waals surface area contributed by atoms with E-state index in [2.05, 4.69) is 12.2 Å². The van der Waals surface area contributed by atoms with Gasteiger partial charge in [0.1, 0.15) is 6.04 Å². The minimum atomic E-state index is -0.728. The molecule has 0 spiro atoms. The average Bonchev–Trinajstić information content (AvgIpc) is 1.96. The van der Waals surface area contributed by atoms with Gasteiger partial charge < -0.3 is 10.4 Å². The maximum Gasteiger partial charge on any atom is 0.320 e. The number of carbonyl (C=O) groups is 1. The summed E-state index contributed by atoms with van der Waals surface area (Å²) in [5, 5.41) is 12.0. The summed E-state index contributed by atoms with van der Waals surface area (Å²) in [6.45, 7) is 3.99. The Morgan fingerprint density at radius 3 is 2.54 bits per heavy atom. The third-order valence-corrected chi connectivity index (χ3v) is 3.03. The fraction of sp³-hybridized carbons (Fsp3) is 0.900. The van der Waals surface area contributed by atoms with Gasteiger partial charge in [0.15, 0.2) is 0 Å². The molecule has 2 N–H and O–H groups in total. The minimum Gasteiger partial charge on any atom is -0.480 e. The predicted molar refractivity (Wildman–Crippen MR) is 51.7 cm³/mol. The van der Waals surface area contributed by atoms with Crippen LogP contribution in [0.3, 0.4) is 0 Å². The Morgan fingerprint density at radius 1 is 1.62 bits per heavy atom. The van der Waals surface area contributed by atoms with Crippen molar-refractivity contribution in [3.05, 3.63) is 0 Å². The van der Waals surface area contributed by atoms with E-state index in [4.69, 9.17) is 5.11 Å². The molecule has 0 radical (unpaired) electrons. The molecule has 0 aromatic rings. The molecule has 0 aromatic carbocycles. The smallest absolute Gasteiger partial charge is 0.320 e. The first-order valence-electron chi connectivity index (χ1n) is 5.14. The quantitative estimate of drug-likeness (QED) is 0.684. The molecule has 76 valence electrons. The maximum absolute atomic E-state index is 10.7. The molecule has 0 saturated heterocycles. The molecule has 2 unspecified atom stereocenters. The van der Waals surface area contributed by atoms with E-state index in [1.54, 1.807) is 0 Å². The standard InChI is InChI=1S/C10H19NO2/c1-3-9(10(12)13)11-7(2)8-5-4-6-8/h7-9,11H,3-6H2,1-2H3,(H,12,13). The number of nitrogens with one attached hydrogen (secondary N) is 1. The maximum atomic E-state index is 10.7. The highest BCUT2D eigenvalue weighted by molar-refractivity contribution is 5.73. The lowest BCUT2D eigenvalue weighted by Crippen LogP contribution is -2.46. The fourth-order valence-electron chi connectivity index (χ4n) is 1.76. The molecular weight excluding hydrogens is 166 g/mol. The molecule has 0 bridgehead atoms. The highest BCUT2D eigenvalue weighted by Crippen LogP contribution is 2.29. The number of hydrogen-bond donors (Lipinski definition) is 2. The molecule has 0 aromatic heterocycles. The summed E-state index contributed by atoms with van der Waals surface area (Å²) in [6, 6.07) is -0.00889. The molecule has 13 heavy (non-hydrogen) atoms. The zero-order chi connectivity index (χ0) is 9.84. The van der Waals surface area contributed by atoms with Crippen molar-refractivity contribution in [1.29, 1.82) is 0 Å². The molecule has 1 saturated carbocycles. The topological polar surface area (TPSA) is 49.3 Å². The van der Waals surface area contributed by atoms with E-state index >= 15 is 0 Å². The first-order valence-corrected chi connectivity index (χ1v) is 5.14. The van der Waals surface area contributed by atoms with Crippen LogP contribution < -0.4 is 5.32 Å². The van der Waals surface area contributed by atoms with E-state index in [9.17, 15) is 4.79 Å². The van der Waals surface area contributed by atoms with Gasteiger partial charge in [-0.25, -0.2) is 0 Å². The van der Waals surface area contributed by atoms with E-state index < -0.39 is 5.97 Å². The molecule has 0 heterocycles. The molecule has 1 aliphatic carbocycles. The molecule has 0 aliphatic heterocycles. The minimum absolute atomic E-state index is 0.356. The highest BCUT2D eigenvalue weighted by atomic mass is 16.4. The SMILES string of the molecule is CCC(NC(C)C1CCC1)C(=O)O. The summed E-state index contributed by atoms with van der Waals surface area (Å²) in [4.78, 5) is 10.7. The molecule has 0 amide bonds. The summed E-state index contributed by atoms with van der Waals surface area (Å²) in [7, 11) is 0. The third kappa shape index (κ3) is 2.69. The van der Waals surface area contributed by atoms with Crippen molar-refractivity contribution in [2.45, 2.75) is 51.6 Å². The predicted octanol–water partition coefficient (Wildman–Crippen LogP) is 1.63. The van der Waals surface area contributed by atoms with Crippen molar-refractivity contribution in [3.63, 3.8) is 0 Å². The number of carboxylic acids is 1. The number of hydrogen-bond acceptors (Lipinski definition) is 2. The normalized spacial score (nSPS) is 22.0. The van der Waals surface area contributed by atoms with Gasteiger partial charge in [0, 0.05) is 6.04 Å². The third-order valence-electron chi connectivity index (χ3n) is 3.03. The fourth-order valence-corrected chi connectivity index (χ4v) is 1.76. The first-order chi connectivity index (χ1) is 6.15. The van der Waals surface area contributed by atoms with Crippen LogP contribution in [0.4, 0.5) is 0 Å². The molecule has 2 atom stereocenters. The largest absolute Gasteiger partial charge is 0.480 e. The van der Waals surface area contributed by atoms with Crippen molar-refractivity contribution in [1.82, 2.24) is 5.32 Å². The molecular formula is C10H19NO2. The van der Waals surface area contributed by atoms with Crippen LogP contribution in [-0.2, 0) is 4.79 Å². The first kappa shape index (κ1) is 10.5. The Morgan fingerprint density at radius 2 is 2.23 bits per heavy atom. The number of aliphatic carboxylic acids is 1. The van der Waals surface area contributed by atoms with E-state index in [0.29, 0.717) is 18.4 Å². The second-order valence-corrected chi connectivity index (χ2v) is 3.95. The summed E-state index contributed by atoms with van der Waals surface area (Å²) >= 11 is 0. The van der Waals surface area contributed by atoms with Gasteiger partial charge in [0.2, 0.25) is 0 Å². The van der Waals surface area contributed by atoms with Crippen molar-refractivity contribution >= 4 is 5.97 Å². The van der Waals surface area contributed by atoms with Gasteiger partial charge in [-0.1, -0.05) is 13.3 Å². The van der Waals surface area contributed by atoms with Gasteiger partial charge in [-0.05, 0) is 32.1 Å². The monoisotopic (exact) mass is 185 g/mol. The van der Waals surface area contributed by atoms with Gasteiger partial charge in [0.05, 0.1) is 0 Å². The Labute approximate surface area is 79.5 Å². The lowest BCUT2D eigenvalue weighted by Gasteiger charge is -2.33. The van der Waals surface area contributed by atoms with Crippen LogP contribution in [0.15, 0.2) is 0 Å². The average molecular weight is 185 g/mol. The van der Waals surface area contributed by atoms with Gasteiger partial charge in [0.25, 0.3) is 0 Å². The van der Waals surface area contributed by atoms with Crippen molar-refractivity contribution in [3.8, 4) is 0 Å². The number of rotatable bonds is 5. The Kier molecular flexibility index (Phi) is 3.72. The van der Waals surface area contributed by atoms with E-state index in [1.807, 2.05) is 6.92 Å². The molecule has 3 heteroatoms. The lowest BCUT2D eigenvalue weighted by molar-refractivity contribution is -0.139. The highest BCUT2D eigenvalue weighted by Gasteiger charge is 2.26. The van der Waals surface area contributed by atoms with E-state index in [1.165, 1.54) is 19.3 Å². The lowest BCUT2D eigenvalue weighted by atomic mass is 9.80. The number of carboxylic acid groups (broad SMARTS) is 1.